The Morgan fingerprint density at radius 2 is 1.85 bits per heavy atom. The summed E-state index contributed by atoms with van der Waals surface area (Å²) in [5, 5.41) is 0. The molecule has 0 saturated carbocycles. The Bertz CT molecular complexity index is 810. The van der Waals surface area contributed by atoms with Crippen LogP contribution in [0.3, 0.4) is 0 Å². The van der Waals surface area contributed by atoms with E-state index in [1.54, 1.807) is 4.31 Å². The third-order valence-corrected chi connectivity index (χ3v) is 8.02. The first-order chi connectivity index (χ1) is 12.9. The topological polar surface area (TPSA) is 49.9 Å². The fourth-order valence-electron chi connectivity index (χ4n) is 4.80. The molecule has 1 aromatic rings. The smallest absolute Gasteiger partial charge is 0.239 e. The number of rotatable bonds is 4. The monoisotopic (exact) mass is 390 g/mol. The molecule has 0 unspecified atom stereocenters. The molecular weight excluding hydrogens is 360 g/mol. The van der Waals surface area contributed by atoms with Crippen molar-refractivity contribution in [2.75, 3.05) is 26.2 Å². The predicted molar refractivity (Wildman–Crippen MR) is 108 cm³/mol. The zero-order chi connectivity index (χ0) is 19.0. The molecule has 4 rings (SSSR count). The van der Waals surface area contributed by atoms with E-state index in [2.05, 4.69) is 24.8 Å². The van der Waals surface area contributed by atoms with Gasteiger partial charge in [-0.15, -0.1) is 0 Å². The van der Waals surface area contributed by atoms with Crippen LogP contribution >= 0.6 is 0 Å². The van der Waals surface area contributed by atoms with Crippen molar-refractivity contribution in [3.63, 3.8) is 0 Å². The Morgan fingerprint density at radius 1 is 1.11 bits per heavy atom. The fourth-order valence-corrected chi connectivity index (χ4v) is 6.67. The molecule has 1 aromatic carbocycles. The first-order valence-electron chi connectivity index (χ1n) is 10.1. The second kappa shape index (κ2) is 7.66. The molecule has 3 aliphatic rings. The second-order valence-corrected chi connectivity index (χ2v) is 10.1. The van der Waals surface area contributed by atoms with E-state index in [1.807, 2.05) is 24.3 Å². The lowest BCUT2D eigenvalue weighted by Crippen LogP contribution is -2.51. The highest BCUT2D eigenvalue weighted by Gasteiger charge is 2.38. The van der Waals surface area contributed by atoms with Crippen LogP contribution in [0.4, 0.5) is 0 Å². The van der Waals surface area contributed by atoms with Crippen LogP contribution in [0.15, 0.2) is 29.2 Å². The lowest BCUT2D eigenvalue weighted by atomic mass is 9.98. The molecule has 6 heteroatoms. The largest absolute Gasteiger partial charge is 0.373 e. The molecule has 3 atom stereocenters. The Kier molecular flexibility index (Phi) is 5.43. The average molecular weight is 391 g/mol. The number of aryl methyl sites for hydroxylation is 1. The van der Waals surface area contributed by atoms with Crippen molar-refractivity contribution in [1.82, 2.24) is 9.21 Å². The van der Waals surface area contributed by atoms with Gasteiger partial charge in [0.15, 0.2) is 0 Å². The van der Waals surface area contributed by atoms with E-state index in [1.165, 1.54) is 5.56 Å². The van der Waals surface area contributed by atoms with Gasteiger partial charge in [-0.3, -0.25) is 4.90 Å². The van der Waals surface area contributed by atoms with Crippen molar-refractivity contribution in [2.45, 2.75) is 57.8 Å². The van der Waals surface area contributed by atoms with Crippen LogP contribution in [0.5, 0.6) is 0 Å². The van der Waals surface area contributed by atoms with Crippen molar-refractivity contribution in [2.24, 2.45) is 0 Å². The highest BCUT2D eigenvalue weighted by atomic mass is 32.2. The zero-order valence-corrected chi connectivity index (χ0v) is 17.1. The number of fused-ring (bicyclic) bond motifs is 1. The summed E-state index contributed by atoms with van der Waals surface area (Å²) in [6, 6.07) is 8.18. The summed E-state index contributed by atoms with van der Waals surface area (Å²) in [7, 11) is -3.39. The van der Waals surface area contributed by atoms with Crippen molar-refractivity contribution < 1.29 is 13.2 Å². The first kappa shape index (κ1) is 19.1. The van der Waals surface area contributed by atoms with Gasteiger partial charge in [-0.25, -0.2) is 8.42 Å². The molecule has 0 aromatic heterocycles. The minimum absolute atomic E-state index is 0.0746. The summed E-state index contributed by atoms with van der Waals surface area (Å²) in [4.78, 5) is 2.96. The Balaban J connectivity index is 1.52. The maximum absolute atomic E-state index is 13.4. The summed E-state index contributed by atoms with van der Waals surface area (Å²) in [6.45, 7) is 7.39. The number of morpholine rings is 1. The van der Waals surface area contributed by atoms with E-state index >= 15 is 0 Å². The van der Waals surface area contributed by atoms with Crippen LogP contribution in [0.1, 0.15) is 44.2 Å². The van der Waals surface area contributed by atoms with Crippen molar-refractivity contribution in [1.29, 1.82) is 0 Å². The number of sulfonamides is 1. The number of hydrogen-bond acceptors (Lipinski definition) is 4. The van der Waals surface area contributed by atoms with Crippen LogP contribution in [-0.4, -0.2) is 62.1 Å². The maximum Gasteiger partial charge on any atom is 0.239 e. The third kappa shape index (κ3) is 3.99. The minimum Gasteiger partial charge on any atom is -0.373 e. The van der Waals surface area contributed by atoms with Gasteiger partial charge in [0, 0.05) is 32.2 Å². The molecule has 2 heterocycles. The van der Waals surface area contributed by atoms with Gasteiger partial charge < -0.3 is 4.74 Å². The Labute approximate surface area is 163 Å². The third-order valence-electron chi connectivity index (χ3n) is 5.94. The molecule has 0 amide bonds. The lowest BCUT2D eigenvalue weighted by Gasteiger charge is -2.38. The van der Waals surface area contributed by atoms with E-state index in [0.717, 1.165) is 44.5 Å². The summed E-state index contributed by atoms with van der Waals surface area (Å²) in [6.07, 6.45) is 5.61. The predicted octanol–water partition coefficient (Wildman–Crippen LogP) is 2.88. The second-order valence-electron chi connectivity index (χ2n) is 8.20. The van der Waals surface area contributed by atoms with Crippen LogP contribution < -0.4 is 0 Å². The summed E-state index contributed by atoms with van der Waals surface area (Å²) < 4.78 is 34.4. The van der Waals surface area contributed by atoms with Gasteiger partial charge in [0.2, 0.25) is 10.0 Å². The number of nitrogens with zero attached hydrogens (tertiary/aromatic N) is 2. The van der Waals surface area contributed by atoms with Crippen LogP contribution in [0, 0.1) is 0 Å². The molecule has 2 fully saturated rings. The molecule has 2 aliphatic heterocycles. The van der Waals surface area contributed by atoms with Crippen molar-refractivity contribution >= 4 is 16.1 Å². The molecule has 0 bridgehead atoms. The summed E-state index contributed by atoms with van der Waals surface area (Å²) in [5.41, 5.74) is 2.29. The van der Waals surface area contributed by atoms with Crippen LogP contribution in [-0.2, 0) is 21.2 Å². The fraction of sp³-hybridized carbons (Fsp3) is 0.619. The van der Waals surface area contributed by atoms with E-state index in [9.17, 15) is 8.42 Å². The van der Waals surface area contributed by atoms with E-state index in [4.69, 9.17) is 4.74 Å². The first-order valence-corrected chi connectivity index (χ1v) is 11.6. The normalized spacial score (nSPS) is 30.1. The minimum atomic E-state index is -3.39. The summed E-state index contributed by atoms with van der Waals surface area (Å²) in [5.74, 6) is 0. The standard InChI is InChI=1S/C21H30N2O3S/c1-16-13-22(14-17(2)26-16)15-20-8-5-11-23(20)27(24,25)21-10-9-18-6-3-4-7-19(18)12-21/h3-4,6-7,12,16-17,20H,5,8-11,13-15H2,1-2H3/t16-,17+,20-/m0/s1. The van der Waals surface area contributed by atoms with Crippen LogP contribution in [0.2, 0.25) is 0 Å². The maximum atomic E-state index is 13.4. The molecule has 0 N–H and O–H groups in total. The number of ether oxygens (including phenoxy) is 1. The summed E-state index contributed by atoms with van der Waals surface area (Å²) >= 11 is 0. The molecule has 0 spiro atoms. The quantitative estimate of drug-likeness (QED) is 0.793. The van der Waals surface area contributed by atoms with Gasteiger partial charge in [-0.1, -0.05) is 24.3 Å². The van der Waals surface area contributed by atoms with Gasteiger partial charge in [0.25, 0.3) is 0 Å². The van der Waals surface area contributed by atoms with E-state index < -0.39 is 10.0 Å². The van der Waals surface area contributed by atoms with Gasteiger partial charge in [0.05, 0.1) is 17.1 Å². The molecule has 1 aliphatic carbocycles. The average Bonchev–Trinajstić information content (AvgIpc) is 3.09. The van der Waals surface area contributed by atoms with E-state index in [0.29, 0.717) is 17.9 Å². The highest BCUT2D eigenvalue weighted by molar-refractivity contribution is 7.93. The van der Waals surface area contributed by atoms with Crippen molar-refractivity contribution in [3.05, 3.63) is 40.3 Å². The van der Waals surface area contributed by atoms with Gasteiger partial charge in [-0.2, -0.15) is 4.31 Å². The SMILES string of the molecule is C[C@@H]1CN(C[C@@H]2CCCN2S(=O)(=O)C2=Cc3ccccc3CC2)C[C@H](C)O1. The van der Waals surface area contributed by atoms with Gasteiger partial charge >= 0.3 is 0 Å². The zero-order valence-electron chi connectivity index (χ0n) is 16.3. The molecule has 148 valence electrons. The molecule has 5 nitrogen and oxygen atoms in total. The molecule has 2 saturated heterocycles. The van der Waals surface area contributed by atoms with Crippen molar-refractivity contribution in [3.8, 4) is 0 Å². The molecule has 0 radical (unpaired) electrons. The number of benzene rings is 1. The number of allylic oxidation sites excluding steroid dienone is 1. The Morgan fingerprint density at radius 3 is 2.63 bits per heavy atom. The highest BCUT2D eigenvalue weighted by Crippen LogP contribution is 2.33. The van der Waals surface area contributed by atoms with Crippen LogP contribution in [0.25, 0.3) is 6.08 Å². The van der Waals surface area contributed by atoms with Gasteiger partial charge in [-0.05, 0) is 56.7 Å². The van der Waals surface area contributed by atoms with Gasteiger partial charge in [0.1, 0.15) is 0 Å². The lowest BCUT2D eigenvalue weighted by molar-refractivity contribution is -0.0707. The Hall–Kier alpha value is -1.21. The van der Waals surface area contributed by atoms with E-state index in [-0.39, 0.29) is 18.2 Å². The molecule has 27 heavy (non-hydrogen) atoms. The number of hydrogen-bond donors (Lipinski definition) is 0. The molecular formula is C21H30N2O3S.